The smallest absolute Gasteiger partial charge is 0.258 e. The van der Waals surface area contributed by atoms with Gasteiger partial charge in [-0.15, -0.1) is 0 Å². The number of amides is 1. The number of nitrogens with zero attached hydrogens (tertiary/aromatic N) is 1. The molecule has 0 saturated heterocycles. The lowest BCUT2D eigenvalue weighted by molar-refractivity contribution is 0.0992. The molecule has 2 N–H and O–H groups in total. The first-order valence-corrected chi connectivity index (χ1v) is 6.90. The highest BCUT2D eigenvalue weighted by molar-refractivity contribution is 9.10. The van der Waals surface area contributed by atoms with E-state index in [0.29, 0.717) is 16.9 Å². The number of carbonyl (C=O) groups is 1. The number of rotatable bonds is 3. The van der Waals surface area contributed by atoms with Crippen molar-refractivity contribution in [2.45, 2.75) is 0 Å². The summed E-state index contributed by atoms with van der Waals surface area (Å²) in [6.45, 7) is 0. The maximum absolute atomic E-state index is 13.4. The van der Waals surface area contributed by atoms with E-state index in [9.17, 15) is 9.18 Å². The van der Waals surface area contributed by atoms with E-state index in [1.807, 2.05) is 0 Å². The average Bonchev–Trinajstić information content (AvgIpc) is 2.46. The Morgan fingerprint density at radius 1 is 1.29 bits per heavy atom. The molecule has 2 aromatic rings. The van der Waals surface area contributed by atoms with Gasteiger partial charge >= 0.3 is 0 Å². The number of anilines is 2. The summed E-state index contributed by atoms with van der Waals surface area (Å²) < 4.78 is 19.1. The lowest BCUT2D eigenvalue weighted by Crippen LogP contribution is -2.27. The lowest BCUT2D eigenvalue weighted by atomic mass is 10.1. The van der Waals surface area contributed by atoms with Gasteiger partial charge in [0, 0.05) is 17.1 Å². The van der Waals surface area contributed by atoms with Crippen molar-refractivity contribution in [1.29, 1.82) is 0 Å². The van der Waals surface area contributed by atoms with Gasteiger partial charge in [-0.2, -0.15) is 0 Å². The van der Waals surface area contributed by atoms with Crippen molar-refractivity contribution in [1.82, 2.24) is 0 Å². The minimum absolute atomic E-state index is 0.0260. The summed E-state index contributed by atoms with van der Waals surface area (Å²) in [6, 6.07) is 9.21. The molecule has 4 nitrogen and oxygen atoms in total. The summed E-state index contributed by atoms with van der Waals surface area (Å²) in [5.41, 5.74) is 7.27. The zero-order valence-corrected chi connectivity index (χ0v) is 13.1. The Balaban J connectivity index is 2.35. The fraction of sp³-hybridized carbons (Fsp3) is 0.133. The molecule has 0 heterocycles. The van der Waals surface area contributed by atoms with Gasteiger partial charge in [-0.3, -0.25) is 4.79 Å². The Hall–Kier alpha value is -2.08. The molecule has 2 aromatic carbocycles. The standard InChI is InChI=1S/C15H14BrFN2O2/c1-19(13-6-4-10(16)8-12(13)18)15(20)9-3-5-11(17)14(7-9)21-2/h3-8H,18H2,1-2H3. The van der Waals surface area contributed by atoms with Crippen LogP contribution in [0.1, 0.15) is 10.4 Å². The molecular weight excluding hydrogens is 339 g/mol. The number of hydrogen-bond donors (Lipinski definition) is 1. The number of methoxy groups -OCH3 is 1. The number of hydrogen-bond acceptors (Lipinski definition) is 3. The zero-order valence-electron chi connectivity index (χ0n) is 11.6. The highest BCUT2D eigenvalue weighted by Crippen LogP contribution is 2.27. The van der Waals surface area contributed by atoms with E-state index in [1.54, 1.807) is 25.2 Å². The molecule has 0 unspecified atom stereocenters. The monoisotopic (exact) mass is 352 g/mol. The van der Waals surface area contributed by atoms with Gasteiger partial charge in [0.05, 0.1) is 18.5 Å². The maximum Gasteiger partial charge on any atom is 0.258 e. The molecule has 0 aliphatic carbocycles. The number of nitrogens with two attached hydrogens (primary N) is 1. The van der Waals surface area contributed by atoms with E-state index in [2.05, 4.69) is 15.9 Å². The first kappa shape index (κ1) is 15.3. The highest BCUT2D eigenvalue weighted by atomic mass is 79.9. The van der Waals surface area contributed by atoms with Crippen LogP contribution >= 0.6 is 15.9 Å². The molecular formula is C15H14BrFN2O2. The molecule has 2 rings (SSSR count). The minimum atomic E-state index is -0.514. The topological polar surface area (TPSA) is 55.6 Å². The fourth-order valence-electron chi connectivity index (χ4n) is 1.93. The van der Waals surface area contributed by atoms with Gasteiger partial charge in [-0.25, -0.2) is 4.39 Å². The fourth-order valence-corrected chi connectivity index (χ4v) is 2.31. The predicted molar refractivity (Wildman–Crippen MR) is 84.2 cm³/mol. The largest absolute Gasteiger partial charge is 0.494 e. The average molecular weight is 353 g/mol. The summed E-state index contributed by atoms with van der Waals surface area (Å²) in [6.07, 6.45) is 0. The molecule has 0 saturated carbocycles. The third-order valence-electron chi connectivity index (χ3n) is 3.05. The van der Waals surface area contributed by atoms with Gasteiger partial charge in [0.15, 0.2) is 11.6 Å². The number of benzene rings is 2. The summed E-state index contributed by atoms with van der Waals surface area (Å²) in [5, 5.41) is 0. The molecule has 0 radical (unpaired) electrons. The molecule has 0 aliphatic rings. The van der Waals surface area contributed by atoms with Crippen molar-refractivity contribution < 1.29 is 13.9 Å². The van der Waals surface area contributed by atoms with Crippen molar-refractivity contribution >= 4 is 33.2 Å². The van der Waals surface area contributed by atoms with Crippen LogP contribution < -0.4 is 15.4 Å². The van der Waals surface area contributed by atoms with Crippen LogP contribution in [0, 0.1) is 5.82 Å². The van der Waals surface area contributed by atoms with Gasteiger partial charge in [-0.05, 0) is 36.4 Å². The second kappa shape index (κ2) is 6.13. The molecule has 0 spiro atoms. The number of ether oxygens (including phenoxy) is 1. The van der Waals surface area contributed by atoms with Gasteiger partial charge in [0.25, 0.3) is 5.91 Å². The molecule has 0 atom stereocenters. The van der Waals surface area contributed by atoms with Crippen molar-refractivity contribution in [3.05, 3.63) is 52.3 Å². The van der Waals surface area contributed by atoms with Crippen LogP contribution in [0.25, 0.3) is 0 Å². The molecule has 0 bridgehead atoms. The van der Waals surface area contributed by atoms with Gasteiger partial charge in [-0.1, -0.05) is 15.9 Å². The van der Waals surface area contributed by atoms with Crippen LogP contribution in [0.4, 0.5) is 15.8 Å². The highest BCUT2D eigenvalue weighted by Gasteiger charge is 2.17. The van der Waals surface area contributed by atoms with E-state index in [1.165, 1.54) is 30.2 Å². The third kappa shape index (κ3) is 3.16. The van der Waals surface area contributed by atoms with Crippen LogP contribution in [0.15, 0.2) is 40.9 Å². The van der Waals surface area contributed by atoms with Crippen LogP contribution in [0.2, 0.25) is 0 Å². The Kier molecular flexibility index (Phi) is 4.47. The lowest BCUT2D eigenvalue weighted by Gasteiger charge is -2.19. The van der Waals surface area contributed by atoms with Gasteiger partial charge in [0.2, 0.25) is 0 Å². The molecule has 0 aliphatic heterocycles. The second-order valence-corrected chi connectivity index (χ2v) is 5.33. The Morgan fingerprint density at radius 2 is 2.00 bits per heavy atom. The molecule has 21 heavy (non-hydrogen) atoms. The van der Waals surface area contributed by atoms with Crippen molar-refractivity contribution in [3.8, 4) is 5.75 Å². The van der Waals surface area contributed by atoms with Crippen LogP contribution in [0.3, 0.4) is 0 Å². The van der Waals surface area contributed by atoms with E-state index >= 15 is 0 Å². The normalized spacial score (nSPS) is 10.3. The number of halogens is 2. The van der Waals surface area contributed by atoms with Crippen molar-refractivity contribution in [3.63, 3.8) is 0 Å². The molecule has 110 valence electrons. The van der Waals surface area contributed by atoms with Gasteiger partial charge in [0.1, 0.15) is 0 Å². The first-order valence-electron chi connectivity index (χ1n) is 6.10. The summed E-state index contributed by atoms with van der Waals surface area (Å²) >= 11 is 3.31. The number of carbonyl (C=O) groups excluding carboxylic acids is 1. The maximum atomic E-state index is 13.4. The molecule has 1 amide bonds. The zero-order chi connectivity index (χ0) is 15.6. The van der Waals surface area contributed by atoms with Crippen LogP contribution in [-0.2, 0) is 0 Å². The van der Waals surface area contributed by atoms with Crippen molar-refractivity contribution in [2.24, 2.45) is 0 Å². The van der Waals surface area contributed by atoms with Gasteiger partial charge < -0.3 is 15.4 Å². The Bertz CT molecular complexity index is 691. The minimum Gasteiger partial charge on any atom is -0.494 e. The van der Waals surface area contributed by atoms with E-state index < -0.39 is 5.82 Å². The second-order valence-electron chi connectivity index (χ2n) is 4.42. The number of nitrogen functional groups attached to an aromatic ring is 1. The quantitative estimate of drug-likeness (QED) is 0.860. The summed E-state index contributed by atoms with van der Waals surface area (Å²) in [7, 11) is 2.96. The molecule has 6 heteroatoms. The van der Waals surface area contributed by atoms with E-state index in [-0.39, 0.29) is 11.7 Å². The Morgan fingerprint density at radius 3 is 2.62 bits per heavy atom. The van der Waals surface area contributed by atoms with E-state index in [4.69, 9.17) is 10.5 Å². The molecule has 0 fully saturated rings. The summed E-state index contributed by atoms with van der Waals surface area (Å²) in [5.74, 6) is -0.791. The van der Waals surface area contributed by atoms with Crippen molar-refractivity contribution in [2.75, 3.05) is 24.8 Å². The summed E-state index contributed by atoms with van der Waals surface area (Å²) in [4.78, 5) is 13.9. The first-order chi connectivity index (χ1) is 9.93. The van der Waals surface area contributed by atoms with Crippen LogP contribution in [0.5, 0.6) is 5.75 Å². The predicted octanol–water partition coefficient (Wildman–Crippen LogP) is 3.46. The third-order valence-corrected chi connectivity index (χ3v) is 3.55. The van der Waals surface area contributed by atoms with Crippen LogP contribution in [-0.4, -0.2) is 20.1 Å². The van der Waals surface area contributed by atoms with E-state index in [0.717, 1.165) is 4.47 Å². The SMILES string of the molecule is COc1cc(C(=O)N(C)c2ccc(Br)cc2N)ccc1F. The Labute approximate surface area is 130 Å². The molecule has 0 aromatic heterocycles.